The molecule has 134 valence electrons. The van der Waals surface area contributed by atoms with Gasteiger partial charge in [0.05, 0.1) is 6.04 Å². The Morgan fingerprint density at radius 1 is 1.16 bits per heavy atom. The number of benzene rings is 1. The van der Waals surface area contributed by atoms with Crippen LogP contribution in [0.5, 0.6) is 11.5 Å². The van der Waals surface area contributed by atoms with E-state index in [0.717, 1.165) is 29.2 Å². The quantitative estimate of drug-likeness (QED) is 0.831. The molecule has 0 saturated carbocycles. The minimum Gasteiger partial charge on any atom is -0.486 e. The first-order valence-electron chi connectivity index (χ1n) is 8.58. The highest BCUT2D eigenvalue weighted by Gasteiger charge is 2.23. The van der Waals surface area contributed by atoms with Gasteiger partial charge in [0.2, 0.25) is 0 Å². The Bertz CT molecular complexity index is 754. The fourth-order valence-corrected chi connectivity index (χ4v) is 2.81. The minimum atomic E-state index is -0.166. The van der Waals surface area contributed by atoms with Crippen molar-refractivity contribution < 1.29 is 18.8 Å². The number of amides is 1. The monoisotopic (exact) mass is 344 g/mol. The molecule has 0 N–H and O–H groups in total. The first-order valence-corrected chi connectivity index (χ1v) is 8.58. The summed E-state index contributed by atoms with van der Waals surface area (Å²) >= 11 is 0. The Labute approximate surface area is 147 Å². The van der Waals surface area contributed by atoms with E-state index in [0.29, 0.717) is 24.8 Å². The van der Waals surface area contributed by atoms with Crippen molar-refractivity contribution in [2.45, 2.75) is 33.2 Å². The highest BCUT2D eigenvalue weighted by molar-refractivity contribution is 5.92. The first kappa shape index (κ1) is 17.3. The molecule has 2 heterocycles. The highest BCUT2D eigenvalue weighted by atomic mass is 16.6. The molecule has 2 aromatic rings. The summed E-state index contributed by atoms with van der Waals surface area (Å²) in [6.07, 6.45) is 0.766. The van der Waals surface area contributed by atoms with Crippen LogP contribution in [0.4, 0.5) is 0 Å². The van der Waals surface area contributed by atoms with E-state index >= 15 is 0 Å². The molecule has 0 unspecified atom stereocenters. The smallest absolute Gasteiger partial charge is 0.276 e. The third-order valence-corrected chi connectivity index (χ3v) is 4.34. The van der Waals surface area contributed by atoms with Gasteiger partial charge in [0.25, 0.3) is 5.91 Å². The standard InChI is InChI=1S/C19H24N2O4/c1-12(2)9-15-11-16(20-25-15)19(22)21(4)13(3)14-5-6-17-18(10-14)24-8-7-23-17/h5-6,10-13H,7-9H2,1-4H3/t13-/m1/s1. The van der Waals surface area contributed by atoms with E-state index < -0.39 is 0 Å². The second kappa shape index (κ2) is 7.17. The van der Waals surface area contributed by atoms with Crippen molar-refractivity contribution in [1.29, 1.82) is 0 Å². The predicted molar refractivity (Wildman–Crippen MR) is 93.0 cm³/mol. The Hall–Kier alpha value is -2.50. The van der Waals surface area contributed by atoms with E-state index in [9.17, 15) is 4.79 Å². The zero-order valence-corrected chi connectivity index (χ0v) is 15.1. The molecule has 0 aliphatic carbocycles. The number of aromatic nitrogens is 1. The Morgan fingerprint density at radius 2 is 1.88 bits per heavy atom. The molecule has 1 aromatic heterocycles. The van der Waals surface area contributed by atoms with Crippen LogP contribution in [0.25, 0.3) is 0 Å². The summed E-state index contributed by atoms with van der Waals surface area (Å²) in [6, 6.07) is 7.36. The lowest BCUT2D eigenvalue weighted by Crippen LogP contribution is -2.30. The van der Waals surface area contributed by atoms with Crippen molar-refractivity contribution >= 4 is 5.91 Å². The van der Waals surface area contributed by atoms with Gasteiger partial charge in [0, 0.05) is 19.5 Å². The lowest BCUT2D eigenvalue weighted by molar-refractivity contribution is 0.0731. The minimum absolute atomic E-state index is 0.131. The van der Waals surface area contributed by atoms with Crippen LogP contribution in [0.15, 0.2) is 28.8 Å². The number of hydrogen-bond acceptors (Lipinski definition) is 5. The molecule has 0 radical (unpaired) electrons. The maximum absolute atomic E-state index is 12.7. The van der Waals surface area contributed by atoms with Crippen molar-refractivity contribution in [2.24, 2.45) is 5.92 Å². The summed E-state index contributed by atoms with van der Waals surface area (Å²) < 4.78 is 16.4. The summed E-state index contributed by atoms with van der Waals surface area (Å²) in [5, 5.41) is 3.93. The molecule has 3 rings (SSSR count). The molecule has 1 amide bonds. The Balaban J connectivity index is 1.74. The van der Waals surface area contributed by atoms with Gasteiger partial charge in [-0.15, -0.1) is 0 Å². The van der Waals surface area contributed by atoms with E-state index in [2.05, 4.69) is 19.0 Å². The second-order valence-corrected chi connectivity index (χ2v) is 6.77. The van der Waals surface area contributed by atoms with Gasteiger partial charge < -0.3 is 18.9 Å². The number of nitrogens with zero attached hydrogens (tertiary/aromatic N) is 2. The average Bonchev–Trinajstić information content (AvgIpc) is 3.07. The Morgan fingerprint density at radius 3 is 2.60 bits per heavy atom. The normalized spacial score (nSPS) is 14.4. The zero-order valence-electron chi connectivity index (χ0n) is 15.1. The summed E-state index contributed by atoms with van der Waals surface area (Å²) in [7, 11) is 1.76. The number of ether oxygens (including phenoxy) is 2. The van der Waals surface area contributed by atoms with Crippen molar-refractivity contribution in [3.63, 3.8) is 0 Å². The molecule has 0 fully saturated rings. The fourth-order valence-electron chi connectivity index (χ4n) is 2.81. The SMILES string of the molecule is CC(C)Cc1cc(C(=O)N(C)[C@H](C)c2ccc3c(c2)OCCO3)no1. The Kier molecular flexibility index (Phi) is 4.97. The molecule has 6 heteroatoms. The molecule has 0 spiro atoms. The van der Waals surface area contributed by atoms with Gasteiger partial charge in [0.15, 0.2) is 17.2 Å². The second-order valence-electron chi connectivity index (χ2n) is 6.77. The number of hydrogen-bond donors (Lipinski definition) is 0. The van der Waals surface area contributed by atoms with Crippen LogP contribution in [-0.4, -0.2) is 36.2 Å². The molecule has 1 aliphatic rings. The van der Waals surface area contributed by atoms with E-state index in [1.54, 1.807) is 18.0 Å². The molecule has 1 aliphatic heterocycles. The topological polar surface area (TPSA) is 64.8 Å². The lowest BCUT2D eigenvalue weighted by atomic mass is 10.1. The molecule has 0 bridgehead atoms. The van der Waals surface area contributed by atoms with Crippen LogP contribution in [0, 0.1) is 5.92 Å². The number of fused-ring (bicyclic) bond motifs is 1. The molecular weight excluding hydrogens is 320 g/mol. The molecule has 1 atom stereocenters. The molecule has 6 nitrogen and oxygen atoms in total. The van der Waals surface area contributed by atoms with Gasteiger partial charge in [-0.25, -0.2) is 0 Å². The van der Waals surface area contributed by atoms with Crippen molar-refractivity contribution in [3.05, 3.63) is 41.3 Å². The highest BCUT2D eigenvalue weighted by Crippen LogP contribution is 2.34. The van der Waals surface area contributed by atoms with Gasteiger partial charge in [-0.1, -0.05) is 25.1 Å². The van der Waals surface area contributed by atoms with Gasteiger partial charge in [0.1, 0.15) is 19.0 Å². The number of rotatable bonds is 5. The largest absolute Gasteiger partial charge is 0.486 e. The fraction of sp³-hybridized carbons (Fsp3) is 0.474. The van der Waals surface area contributed by atoms with Crippen molar-refractivity contribution in [2.75, 3.05) is 20.3 Å². The lowest BCUT2D eigenvalue weighted by Gasteiger charge is -2.26. The van der Waals surface area contributed by atoms with E-state index in [1.807, 2.05) is 25.1 Å². The summed E-state index contributed by atoms with van der Waals surface area (Å²) in [5.74, 6) is 2.48. The molecule has 0 saturated heterocycles. The van der Waals surface area contributed by atoms with Crippen LogP contribution >= 0.6 is 0 Å². The third-order valence-electron chi connectivity index (χ3n) is 4.34. The molecule has 1 aromatic carbocycles. The van der Waals surface area contributed by atoms with Crippen LogP contribution in [0.3, 0.4) is 0 Å². The van der Waals surface area contributed by atoms with Crippen molar-refractivity contribution in [1.82, 2.24) is 10.1 Å². The van der Waals surface area contributed by atoms with Gasteiger partial charge in [-0.05, 0) is 30.5 Å². The van der Waals surface area contributed by atoms with Crippen LogP contribution in [0.2, 0.25) is 0 Å². The van der Waals surface area contributed by atoms with E-state index in [-0.39, 0.29) is 11.9 Å². The predicted octanol–water partition coefficient (Wildman–Crippen LogP) is 3.48. The average molecular weight is 344 g/mol. The number of carbonyl (C=O) groups is 1. The summed E-state index contributed by atoms with van der Waals surface area (Å²) in [6.45, 7) is 7.26. The third kappa shape index (κ3) is 3.78. The van der Waals surface area contributed by atoms with Gasteiger partial charge >= 0.3 is 0 Å². The summed E-state index contributed by atoms with van der Waals surface area (Å²) in [4.78, 5) is 14.3. The van der Waals surface area contributed by atoms with E-state index in [4.69, 9.17) is 14.0 Å². The maximum Gasteiger partial charge on any atom is 0.276 e. The van der Waals surface area contributed by atoms with Crippen LogP contribution < -0.4 is 9.47 Å². The van der Waals surface area contributed by atoms with Crippen molar-refractivity contribution in [3.8, 4) is 11.5 Å². The zero-order chi connectivity index (χ0) is 18.0. The van der Waals surface area contributed by atoms with Gasteiger partial charge in [-0.3, -0.25) is 4.79 Å². The first-order chi connectivity index (χ1) is 12.0. The number of carbonyl (C=O) groups excluding carboxylic acids is 1. The van der Waals surface area contributed by atoms with Crippen LogP contribution in [0.1, 0.15) is 48.6 Å². The maximum atomic E-state index is 12.7. The van der Waals surface area contributed by atoms with Gasteiger partial charge in [-0.2, -0.15) is 0 Å². The molecule has 25 heavy (non-hydrogen) atoms. The molecular formula is C19H24N2O4. The van der Waals surface area contributed by atoms with E-state index in [1.165, 1.54) is 0 Å². The summed E-state index contributed by atoms with van der Waals surface area (Å²) in [5.41, 5.74) is 1.31. The van der Waals surface area contributed by atoms with Crippen LogP contribution in [-0.2, 0) is 6.42 Å².